The molecule has 0 bridgehead atoms. The molecule has 0 fully saturated rings. The summed E-state index contributed by atoms with van der Waals surface area (Å²) in [5.41, 5.74) is 0. The first-order chi connectivity index (χ1) is 1.73. The van der Waals surface area contributed by atoms with Gasteiger partial charge in [-0.05, 0) is 0 Å². The summed E-state index contributed by atoms with van der Waals surface area (Å²) in [6, 6.07) is 0. The van der Waals surface area contributed by atoms with Gasteiger partial charge in [0.15, 0.2) is 17.4 Å². The summed E-state index contributed by atoms with van der Waals surface area (Å²) in [7, 11) is 0. The third-order valence-electron chi connectivity index (χ3n) is 0. The molecule has 0 heterocycles. The Labute approximate surface area is 73.1 Å². The van der Waals surface area contributed by atoms with Crippen LogP contribution in [0.4, 0.5) is 0 Å². The van der Waals surface area contributed by atoms with Crippen LogP contribution in [0, 0.1) is 0 Å². The molecule has 0 saturated heterocycles. The van der Waals surface area contributed by atoms with Gasteiger partial charge in [0, 0.05) is 0 Å². The average molecular weight is 337 g/mol. The van der Waals surface area contributed by atoms with Crippen molar-refractivity contribution in [2.45, 2.75) is 0 Å². The van der Waals surface area contributed by atoms with Gasteiger partial charge in [0.2, 0.25) is 0 Å². The fourth-order valence-corrected chi connectivity index (χ4v) is 0. The third-order valence-corrected chi connectivity index (χ3v) is 0. The first-order valence-corrected chi connectivity index (χ1v) is 2.69. The molecule has 0 aromatic heterocycles. The molecule has 0 spiro atoms. The van der Waals surface area contributed by atoms with Gasteiger partial charge in [0.05, 0.1) is 0 Å². The summed E-state index contributed by atoms with van der Waals surface area (Å²) < 4.78 is 23.2. The van der Waals surface area contributed by atoms with Crippen LogP contribution in [0.25, 0.3) is 0 Å². The maximum absolute atomic E-state index is 8.81. The van der Waals surface area contributed by atoms with E-state index in [4.69, 9.17) is 10.7 Å². The van der Waals surface area contributed by atoms with Crippen LogP contribution in [-0.2, 0) is 21.9 Å². The van der Waals surface area contributed by atoms with Gasteiger partial charge in [0.1, 0.15) is 0 Å². The SMILES string of the molecule is [AlH3].[O]=[Ti]([OH])[OH].[PbH2]. The van der Waals surface area contributed by atoms with Crippen molar-refractivity contribution < 1.29 is 29.3 Å². The van der Waals surface area contributed by atoms with E-state index in [2.05, 4.69) is 0 Å². The van der Waals surface area contributed by atoms with Gasteiger partial charge in [-0.3, -0.25) is 0 Å². The summed E-state index contributed by atoms with van der Waals surface area (Å²) >= 11 is -3.58. The average Bonchev–Trinajstić information content (AvgIpc) is 0.811. The Morgan fingerprint density at radius 2 is 1.33 bits per heavy atom. The normalized spacial score (nSPS) is 4.33. The molecule has 0 aromatic rings. The van der Waals surface area contributed by atoms with Crippen LogP contribution in [0.5, 0.6) is 0 Å². The van der Waals surface area contributed by atoms with E-state index >= 15 is 0 Å². The van der Waals surface area contributed by atoms with Crippen molar-refractivity contribution in [1.82, 2.24) is 0 Å². The molecular formula is H7AlO3PbTi. The van der Waals surface area contributed by atoms with Crippen molar-refractivity contribution in [1.29, 1.82) is 0 Å². The number of rotatable bonds is 0. The second-order valence-corrected chi connectivity index (χ2v) is 1.17. The molecule has 6 heavy (non-hydrogen) atoms. The summed E-state index contributed by atoms with van der Waals surface area (Å²) in [5, 5.41) is 0. The zero-order valence-corrected chi connectivity index (χ0v) is 9.57. The van der Waals surface area contributed by atoms with Gasteiger partial charge in [-0.1, -0.05) is 0 Å². The quantitative estimate of drug-likeness (QED) is 0.455. The number of hydrogen-bond acceptors (Lipinski definition) is 1. The third kappa shape index (κ3) is 39.5. The second-order valence-electron chi connectivity index (χ2n) is 0.283. The molecular weight excluding hydrogens is 330 g/mol. The number of hydrogen-bond donors (Lipinski definition) is 2. The predicted octanol–water partition coefficient (Wildman–Crippen LogP) is -3.34. The topological polar surface area (TPSA) is 57.5 Å². The Bertz CT molecular complexity index is 33.8. The van der Waals surface area contributed by atoms with Crippen molar-refractivity contribution in [2.75, 3.05) is 0 Å². The van der Waals surface area contributed by atoms with E-state index in [0.717, 1.165) is 0 Å². The van der Waals surface area contributed by atoms with Crippen molar-refractivity contribution >= 4 is 44.7 Å². The molecule has 0 atom stereocenters. The van der Waals surface area contributed by atoms with Crippen molar-refractivity contribution in [3.8, 4) is 0 Å². The molecule has 0 aromatic carbocycles. The molecule has 0 aliphatic heterocycles. The van der Waals surface area contributed by atoms with E-state index in [1.165, 1.54) is 0 Å². The summed E-state index contributed by atoms with van der Waals surface area (Å²) in [6.45, 7) is 0. The van der Waals surface area contributed by atoms with Gasteiger partial charge < -0.3 is 0 Å². The van der Waals surface area contributed by atoms with Gasteiger partial charge in [-0.15, -0.1) is 0 Å². The Balaban J connectivity index is -0.0000000450. The van der Waals surface area contributed by atoms with Crippen LogP contribution < -0.4 is 0 Å². The summed E-state index contributed by atoms with van der Waals surface area (Å²) in [4.78, 5) is 0. The van der Waals surface area contributed by atoms with Crippen molar-refractivity contribution in [2.24, 2.45) is 0 Å². The standard InChI is InChI=1S/Al.2H2O.O.Pb.Ti.5H/h;2*1H2;;;;;;;;/q;;;;;+2;;;;;/p-2. The summed E-state index contributed by atoms with van der Waals surface area (Å²) in [6.07, 6.45) is 0. The molecule has 3 nitrogen and oxygen atoms in total. The van der Waals surface area contributed by atoms with Crippen molar-refractivity contribution in [3.63, 3.8) is 0 Å². The molecule has 2 N–H and O–H groups in total. The second kappa shape index (κ2) is 10.00. The van der Waals surface area contributed by atoms with Gasteiger partial charge >= 0.3 is 56.6 Å². The molecule has 2 radical (unpaired) electrons. The predicted molar refractivity (Wildman–Crippen MR) is 23.6 cm³/mol. The Hall–Kier alpha value is 1.89. The Morgan fingerprint density at radius 1 is 1.33 bits per heavy atom. The van der Waals surface area contributed by atoms with E-state index in [-0.39, 0.29) is 44.7 Å². The van der Waals surface area contributed by atoms with Crippen LogP contribution in [-0.4, -0.2) is 52.0 Å². The van der Waals surface area contributed by atoms with Crippen molar-refractivity contribution in [3.05, 3.63) is 0 Å². The van der Waals surface area contributed by atoms with E-state index < -0.39 is 18.6 Å². The zero-order chi connectivity index (χ0) is 3.58. The molecule has 0 aliphatic rings. The van der Waals surface area contributed by atoms with E-state index in [1.54, 1.807) is 0 Å². The first kappa shape index (κ1) is 15.7. The molecule has 0 amide bonds. The van der Waals surface area contributed by atoms with E-state index in [0.29, 0.717) is 0 Å². The van der Waals surface area contributed by atoms with Crippen LogP contribution in [0.15, 0.2) is 0 Å². The maximum atomic E-state index is 8.81. The Kier molecular flexibility index (Phi) is 26.1. The fraction of sp³-hybridized carbons (Fsp3) is 0. The van der Waals surface area contributed by atoms with Crippen LogP contribution in [0.2, 0.25) is 0 Å². The molecule has 0 unspecified atom stereocenters. The monoisotopic (exact) mass is 338 g/mol. The van der Waals surface area contributed by atoms with E-state index in [9.17, 15) is 0 Å². The van der Waals surface area contributed by atoms with Crippen LogP contribution in [0.3, 0.4) is 0 Å². The van der Waals surface area contributed by atoms with Gasteiger partial charge in [0.25, 0.3) is 0 Å². The molecule has 0 aliphatic carbocycles. The zero-order valence-electron chi connectivity index (χ0n) is 2.51. The summed E-state index contributed by atoms with van der Waals surface area (Å²) in [5.74, 6) is 0. The molecule has 0 saturated carbocycles. The fourth-order valence-electron chi connectivity index (χ4n) is 0. The molecule has 0 rings (SSSR count). The first-order valence-electron chi connectivity index (χ1n) is 0.651. The minimum atomic E-state index is -3.58. The van der Waals surface area contributed by atoms with Gasteiger partial charge in [-0.2, -0.15) is 0 Å². The van der Waals surface area contributed by atoms with Crippen LogP contribution >= 0.6 is 0 Å². The van der Waals surface area contributed by atoms with E-state index in [1.807, 2.05) is 0 Å². The minimum absolute atomic E-state index is 0. The van der Waals surface area contributed by atoms with Gasteiger partial charge in [-0.25, -0.2) is 0 Å². The molecule has 6 heteroatoms. The molecule has 36 valence electrons. The Morgan fingerprint density at radius 3 is 1.33 bits per heavy atom. The van der Waals surface area contributed by atoms with Crippen LogP contribution in [0.1, 0.15) is 0 Å².